The summed E-state index contributed by atoms with van der Waals surface area (Å²) >= 11 is 11.7. The van der Waals surface area contributed by atoms with Crippen LogP contribution in [0.15, 0.2) is 28.8 Å². The van der Waals surface area contributed by atoms with Gasteiger partial charge < -0.3 is 9.84 Å². The van der Waals surface area contributed by atoms with Crippen LogP contribution in [0.25, 0.3) is 11.3 Å². The Kier molecular flexibility index (Phi) is 6.10. The fourth-order valence-corrected chi connectivity index (χ4v) is 4.80. The van der Waals surface area contributed by atoms with Crippen molar-refractivity contribution in [1.82, 2.24) is 15.8 Å². The number of thiocarbonyl (C=S) groups is 1. The van der Waals surface area contributed by atoms with Crippen LogP contribution in [0.4, 0.5) is 0 Å². The quantitative estimate of drug-likeness (QED) is 0.675. The number of aromatic nitrogens is 1. The summed E-state index contributed by atoms with van der Waals surface area (Å²) in [5.74, 6) is 0.684. The van der Waals surface area contributed by atoms with Gasteiger partial charge in [-0.05, 0) is 55.8 Å². The first-order valence-electron chi connectivity index (χ1n) is 9.49. The Morgan fingerprint density at radius 3 is 2.71 bits per heavy atom. The molecule has 1 saturated carbocycles. The third-order valence-electron chi connectivity index (χ3n) is 5.17. The van der Waals surface area contributed by atoms with E-state index in [4.69, 9.17) is 28.3 Å². The zero-order valence-corrected chi connectivity index (χ0v) is 18.2. The molecule has 2 atom stereocenters. The minimum absolute atomic E-state index is 0.248. The number of carbonyl (C=O) groups excluding carboxylic acids is 1. The van der Waals surface area contributed by atoms with Gasteiger partial charge in [0.2, 0.25) is 0 Å². The van der Waals surface area contributed by atoms with Gasteiger partial charge in [0.25, 0.3) is 5.91 Å². The normalized spacial score (nSPS) is 21.2. The van der Waals surface area contributed by atoms with E-state index in [9.17, 15) is 4.79 Å². The van der Waals surface area contributed by atoms with Crippen molar-refractivity contribution < 1.29 is 9.32 Å². The fourth-order valence-electron chi connectivity index (χ4n) is 4.32. The summed E-state index contributed by atoms with van der Waals surface area (Å²) in [4.78, 5) is 12.9. The predicted molar refractivity (Wildman–Crippen MR) is 115 cm³/mol. The third-order valence-corrected chi connectivity index (χ3v) is 5.72. The molecule has 1 aliphatic rings. The molecule has 0 aliphatic heterocycles. The number of carbonyl (C=O) groups is 1. The van der Waals surface area contributed by atoms with Crippen LogP contribution in [0, 0.1) is 18.3 Å². The molecule has 7 heteroatoms. The molecule has 0 bridgehead atoms. The van der Waals surface area contributed by atoms with Crippen LogP contribution in [-0.4, -0.2) is 22.2 Å². The highest BCUT2D eigenvalue weighted by atomic mass is 35.5. The van der Waals surface area contributed by atoms with Crippen LogP contribution in [0.5, 0.6) is 0 Å². The van der Waals surface area contributed by atoms with Gasteiger partial charge in [0.05, 0.1) is 5.02 Å². The number of amides is 1. The Hall–Kier alpha value is -1.92. The molecule has 0 spiro atoms. The topological polar surface area (TPSA) is 67.2 Å². The zero-order valence-electron chi connectivity index (χ0n) is 16.6. The predicted octanol–water partition coefficient (Wildman–Crippen LogP) is 5.12. The van der Waals surface area contributed by atoms with E-state index >= 15 is 0 Å². The van der Waals surface area contributed by atoms with Crippen LogP contribution >= 0.6 is 23.8 Å². The number of benzene rings is 1. The first-order valence-corrected chi connectivity index (χ1v) is 10.3. The molecule has 2 N–H and O–H groups in total. The highest BCUT2D eigenvalue weighted by molar-refractivity contribution is 7.80. The zero-order chi connectivity index (χ0) is 20.5. The van der Waals surface area contributed by atoms with E-state index in [2.05, 4.69) is 36.6 Å². The molecule has 1 heterocycles. The van der Waals surface area contributed by atoms with Crippen molar-refractivity contribution in [3.05, 3.63) is 40.6 Å². The van der Waals surface area contributed by atoms with E-state index in [1.165, 1.54) is 6.42 Å². The maximum absolute atomic E-state index is 12.9. The molecule has 5 nitrogen and oxygen atoms in total. The minimum Gasteiger partial charge on any atom is -0.360 e. The number of nitrogens with zero attached hydrogens (tertiary/aromatic N) is 1. The van der Waals surface area contributed by atoms with Gasteiger partial charge in [-0.15, -0.1) is 0 Å². The highest BCUT2D eigenvalue weighted by Gasteiger charge is 2.32. The Morgan fingerprint density at radius 1 is 1.32 bits per heavy atom. The second kappa shape index (κ2) is 8.21. The summed E-state index contributed by atoms with van der Waals surface area (Å²) in [5, 5.41) is 11.0. The summed E-state index contributed by atoms with van der Waals surface area (Å²) in [6, 6.07) is 7.47. The number of halogens is 1. The second-order valence-corrected chi connectivity index (χ2v) is 9.30. The SMILES string of the molecule is Cc1onc(-c2ccccc2Cl)c1C(=O)NC(=S)N[C@H]1C[C@H](C)CC(C)(C)C1. The van der Waals surface area contributed by atoms with Crippen LogP contribution in [0.1, 0.15) is 56.2 Å². The standard InChI is InChI=1S/C21H26ClN3O2S/c1-12-9-14(11-21(3,4)10-12)23-20(28)24-19(26)17-13(2)27-25-18(17)15-7-5-6-8-16(15)22/h5-8,12,14H,9-11H2,1-4H3,(H2,23,24,26,28)/t12-,14-/m0/s1. The van der Waals surface area contributed by atoms with Crippen LogP contribution in [0.2, 0.25) is 5.02 Å². The van der Waals surface area contributed by atoms with Gasteiger partial charge in [0.1, 0.15) is 17.0 Å². The Bertz CT molecular complexity index is 894. The van der Waals surface area contributed by atoms with E-state index in [1.54, 1.807) is 19.1 Å². The summed E-state index contributed by atoms with van der Waals surface area (Å²) in [7, 11) is 0. The minimum atomic E-state index is -0.353. The summed E-state index contributed by atoms with van der Waals surface area (Å²) in [6.45, 7) is 8.50. The average Bonchev–Trinajstić information content (AvgIpc) is 2.94. The van der Waals surface area contributed by atoms with E-state index in [1.807, 2.05) is 12.1 Å². The third kappa shape index (κ3) is 4.73. The lowest BCUT2D eigenvalue weighted by Crippen LogP contribution is -2.48. The van der Waals surface area contributed by atoms with Crippen molar-refractivity contribution in [2.45, 2.75) is 53.0 Å². The van der Waals surface area contributed by atoms with E-state index in [0.29, 0.717) is 38.6 Å². The van der Waals surface area contributed by atoms with Crippen molar-refractivity contribution in [1.29, 1.82) is 0 Å². The van der Waals surface area contributed by atoms with Gasteiger partial charge >= 0.3 is 0 Å². The molecular weight excluding hydrogens is 394 g/mol. The molecule has 2 aromatic rings. The molecule has 28 heavy (non-hydrogen) atoms. The largest absolute Gasteiger partial charge is 0.360 e. The van der Waals surface area contributed by atoms with Crippen molar-refractivity contribution in [2.75, 3.05) is 0 Å². The molecule has 1 fully saturated rings. The lowest BCUT2D eigenvalue weighted by molar-refractivity contribution is 0.0974. The van der Waals surface area contributed by atoms with Gasteiger partial charge in [-0.3, -0.25) is 10.1 Å². The summed E-state index contributed by atoms with van der Waals surface area (Å²) in [5.41, 5.74) is 1.66. The lowest BCUT2D eigenvalue weighted by atomic mass is 9.71. The number of nitrogens with one attached hydrogen (secondary N) is 2. The molecule has 3 rings (SSSR count). The molecule has 0 radical (unpaired) electrons. The summed E-state index contributed by atoms with van der Waals surface area (Å²) < 4.78 is 5.27. The van der Waals surface area contributed by atoms with Crippen LogP contribution in [-0.2, 0) is 0 Å². The number of rotatable bonds is 3. The van der Waals surface area contributed by atoms with Crippen molar-refractivity contribution in [2.24, 2.45) is 11.3 Å². The number of hydrogen-bond donors (Lipinski definition) is 2. The molecule has 1 aliphatic carbocycles. The first kappa shape index (κ1) is 20.8. The van der Waals surface area contributed by atoms with Crippen LogP contribution in [0.3, 0.4) is 0 Å². The first-order chi connectivity index (χ1) is 13.2. The van der Waals surface area contributed by atoms with Crippen molar-refractivity contribution in [3.63, 3.8) is 0 Å². The Morgan fingerprint density at radius 2 is 2.04 bits per heavy atom. The van der Waals surface area contributed by atoms with Crippen molar-refractivity contribution >= 4 is 34.8 Å². The summed E-state index contributed by atoms with van der Waals surface area (Å²) in [6.07, 6.45) is 3.26. The van der Waals surface area contributed by atoms with Gasteiger partial charge in [-0.2, -0.15) is 0 Å². The lowest BCUT2D eigenvalue weighted by Gasteiger charge is -2.39. The fraction of sp³-hybridized carbons (Fsp3) is 0.476. The van der Waals surface area contributed by atoms with Crippen LogP contribution < -0.4 is 10.6 Å². The maximum atomic E-state index is 12.9. The number of hydrogen-bond acceptors (Lipinski definition) is 4. The number of aryl methyl sites for hydroxylation is 1. The van der Waals surface area contributed by atoms with E-state index in [-0.39, 0.29) is 17.4 Å². The smallest absolute Gasteiger partial charge is 0.263 e. The molecule has 1 aromatic carbocycles. The average molecular weight is 420 g/mol. The van der Waals surface area contributed by atoms with Gasteiger partial charge in [-0.25, -0.2) is 0 Å². The van der Waals surface area contributed by atoms with E-state index < -0.39 is 0 Å². The van der Waals surface area contributed by atoms with Gasteiger partial charge in [-0.1, -0.05) is 55.7 Å². The maximum Gasteiger partial charge on any atom is 0.263 e. The highest BCUT2D eigenvalue weighted by Crippen LogP contribution is 2.38. The van der Waals surface area contributed by atoms with E-state index in [0.717, 1.165) is 12.8 Å². The molecule has 1 amide bonds. The molecular formula is C21H26ClN3O2S. The van der Waals surface area contributed by atoms with Crippen molar-refractivity contribution in [3.8, 4) is 11.3 Å². The molecule has 150 valence electrons. The Balaban J connectivity index is 1.73. The monoisotopic (exact) mass is 419 g/mol. The molecule has 1 aromatic heterocycles. The van der Waals surface area contributed by atoms with Gasteiger partial charge in [0, 0.05) is 11.6 Å². The molecule has 0 saturated heterocycles. The van der Waals surface area contributed by atoms with Gasteiger partial charge in [0.15, 0.2) is 5.11 Å². The second-order valence-electron chi connectivity index (χ2n) is 8.48. The Labute approximate surface area is 176 Å². The molecule has 0 unspecified atom stereocenters.